The molecule has 0 atom stereocenters. The maximum Gasteiger partial charge on any atom is 0.294 e. The van der Waals surface area contributed by atoms with Crippen molar-refractivity contribution in [2.75, 3.05) is 19.0 Å². The summed E-state index contributed by atoms with van der Waals surface area (Å²) >= 11 is 0. The van der Waals surface area contributed by atoms with Gasteiger partial charge in [-0.2, -0.15) is 23.5 Å². The van der Waals surface area contributed by atoms with E-state index in [1.165, 1.54) is 23.3 Å². The fourth-order valence-corrected chi connectivity index (χ4v) is 6.99. The number of nitriles is 2. The quantitative estimate of drug-likeness (QED) is 0.271. The normalized spacial score (nSPS) is 20.7. The Kier molecular flexibility index (Phi) is 6.31. The number of allylic oxidation sites excluding steroid dienone is 8. The molecule has 2 heterocycles. The molecule has 1 aliphatic carbocycles. The molecule has 208 valence electrons. The molecule has 0 unspecified atom stereocenters. The standard InChI is InChI=1S/C33H32N4O3S/c1-19-9-11-27-25(13-19)32(3,4)29(36(27)7)15-23-20(2)24(31(23)21(17-34)18-35)16-30-33(5,6)26-14-22(41(38,39)40)10-12-28(26)37(30)8/h9-16H,1-8H3/p+1. The van der Waals surface area contributed by atoms with Crippen molar-refractivity contribution < 1.29 is 17.5 Å². The minimum Gasteiger partial charge on any atom is -0.347 e. The molecule has 0 saturated carbocycles. The van der Waals surface area contributed by atoms with E-state index in [2.05, 4.69) is 62.1 Å². The lowest BCUT2D eigenvalue weighted by Crippen LogP contribution is -2.29. The van der Waals surface area contributed by atoms with E-state index in [9.17, 15) is 23.5 Å². The van der Waals surface area contributed by atoms with Crippen LogP contribution in [-0.2, 0) is 20.9 Å². The average molecular weight is 566 g/mol. The summed E-state index contributed by atoms with van der Waals surface area (Å²) < 4.78 is 35.3. The van der Waals surface area contributed by atoms with Crippen LogP contribution in [-0.4, -0.2) is 37.4 Å². The molecular weight excluding hydrogens is 532 g/mol. The van der Waals surface area contributed by atoms with E-state index in [0.29, 0.717) is 5.57 Å². The Bertz CT molecular complexity index is 1900. The molecular formula is C33H33N4O3S+. The van der Waals surface area contributed by atoms with Crippen LogP contribution in [0.15, 0.2) is 87.0 Å². The third-order valence-corrected chi connectivity index (χ3v) is 9.72. The lowest BCUT2D eigenvalue weighted by Gasteiger charge is -2.31. The molecule has 0 radical (unpaired) electrons. The first-order chi connectivity index (χ1) is 19.0. The summed E-state index contributed by atoms with van der Waals surface area (Å²) in [4.78, 5) is 2.02. The highest BCUT2D eigenvalue weighted by Crippen LogP contribution is 2.51. The van der Waals surface area contributed by atoms with Crippen molar-refractivity contribution in [1.29, 1.82) is 10.5 Å². The van der Waals surface area contributed by atoms with Crippen LogP contribution in [0.1, 0.15) is 51.3 Å². The molecule has 0 bridgehead atoms. The fourth-order valence-electron chi connectivity index (χ4n) is 6.48. The van der Waals surface area contributed by atoms with Crippen molar-refractivity contribution in [3.05, 3.63) is 98.8 Å². The predicted octanol–water partition coefficient (Wildman–Crippen LogP) is 6.16. The Balaban J connectivity index is 1.67. The zero-order valence-electron chi connectivity index (χ0n) is 24.6. The maximum absolute atomic E-state index is 11.8. The molecule has 41 heavy (non-hydrogen) atoms. The molecule has 0 spiro atoms. The zero-order valence-corrected chi connectivity index (χ0v) is 25.4. The summed E-state index contributed by atoms with van der Waals surface area (Å²) in [6, 6.07) is 15.2. The van der Waals surface area contributed by atoms with E-state index in [1.54, 1.807) is 6.07 Å². The summed E-state index contributed by atoms with van der Waals surface area (Å²) in [6.07, 6.45) is 4.10. The predicted molar refractivity (Wildman–Crippen MR) is 160 cm³/mol. The Morgan fingerprint density at radius 1 is 0.976 bits per heavy atom. The van der Waals surface area contributed by atoms with E-state index in [-0.39, 0.29) is 15.9 Å². The van der Waals surface area contributed by atoms with Gasteiger partial charge in [-0.1, -0.05) is 31.5 Å². The van der Waals surface area contributed by atoms with Gasteiger partial charge in [-0.25, -0.2) is 0 Å². The molecule has 0 aromatic heterocycles. The largest absolute Gasteiger partial charge is 0.347 e. The zero-order chi connectivity index (χ0) is 30.2. The highest BCUT2D eigenvalue weighted by Gasteiger charge is 2.46. The van der Waals surface area contributed by atoms with Gasteiger partial charge in [0, 0.05) is 47.1 Å². The van der Waals surface area contributed by atoms with Gasteiger partial charge in [0.25, 0.3) is 10.1 Å². The maximum atomic E-state index is 11.8. The fraction of sp³-hybridized carbons (Fsp3) is 0.303. The number of hydrogen-bond donors (Lipinski definition) is 1. The first-order valence-electron chi connectivity index (χ1n) is 13.3. The summed E-state index contributed by atoms with van der Waals surface area (Å²) in [7, 11) is -0.408. The van der Waals surface area contributed by atoms with Crippen LogP contribution in [0.4, 0.5) is 11.4 Å². The van der Waals surface area contributed by atoms with Gasteiger partial charge >= 0.3 is 0 Å². The van der Waals surface area contributed by atoms with Crippen molar-refractivity contribution in [2.24, 2.45) is 0 Å². The molecule has 0 saturated heterocycles. The highest BCUT2D eigenvalue weighted by atomic mass is 32.2. The minimum absolute atomic E-state index is 0.0470. The van der Waals surface area contributed by atoms with Crippen LogP contribution in [0.25, 0.3) is 0 Å². The Morgan fingerprint density at radius 2 is 1.63 bits per heavy atom. The van der Waals surface area contributed by atoms with Crippen molar-refractivity contribution in [1.82, 2.24) is 0 Å². The Labute approximate surface area is 242 Å². The number of nitrogens with zero attached hydrogens (tertiary/aromatic N) is 4. The summed E-state index contributed by atoms with van der Waals surface area (Å²) in [6.45, 7) is 12.4. The number of fused-ring (bicyclic) bond motifs is 2. The van der Waals surface area contributed by atoms with Gasteiger partial charge in [-0.05, 0) is 74.3 Å². The van der Waals surface area contributed by atoms with Gasteiger partial charge in [0.1, 0.15) is 24.8 Å². The molecule has 1 N–H and O–H groups in total. The number of likely N-dealkylation sites (N-methyl/N-ethyl adjacent to an activating group) is 1. The molecule has 3 aliphatic rings. The van der Waals surface area contributed by atoms with Crippen LogP contribution in [0.2, 0.25) is 0 Å². The molecule has 8 heteroatoms. The number of benzene rings is 2. The van der Waals surface area contributed by atoms with Crippen molar-refractivity contribution in [2.45, 2.75) is 57.3 Å². The van der Waals surface area contributed by atoms with E-state index in [4.69, 9.17) is 0 Å². The second-order valence-electron chi connectivity index (χ2n) is 12.0. The van der Waals surface area contributed by atoms with Crippen LogP contribution in [0, 0.1) is 29.6 Å². The van der Waals surface area contributed by atoms with Crippen molar-refractivity contribution in [3.63, 3.8) is 0 Å². The topological polar surface area (TPSA) is 108 Å². The molecule has 5 rings (SSSR count). The first kappa shape index (κ1) is 28.3. The summed E-state index contributed by atoms with van der Waals surface area (Å²) in [5.74, 6) is 0. The Morgan fingerprint density at radius 3 is 2.24 bits per heavy atom. The van der Waals surface area contributed by atoms with E-state index < -0.39 is 15.5 Å². The van der Waals surface area contributed by atoms with Gasteiger partial charge < -0.3 is 4.90 Å². The van der Waals surface area contributed by atoms with Gasteiger partial charge in [0.2, 0.25) is 5.69 Å². The molecule has 2 aliphatic heterocycles. The number of anilines is 1. The van der Waals surface area contributed by atoms with Crippen molar-refractivity contribution in [3.8, 4) is 12.1 Å². The van der Waals surface area contributed by atoms with Gasteiger partial charge in [-0.3, -0.25) is 4.55 Å². The van der Waals surface area contributed by atoms with Crippen LogP contribution < -0.4 is 4.90 Å². The van der Waals surface area contributed by atoms with Crippen LogP contribution >= 0.6 is 0 Å². The molecule has 7 nitrogen and oxygen atoms in total. The number of hydrogen-bond acceptors (Lipinski definition) is 5. The van der Waals surface area contributed by atoms with Crippen molar-refractivity contribution >= 4 is 27.2 Å². The second-order valence-corrected chi connectivity index (χ2v) is 13.4. The Hall–Kier alpha value is -4.24. The monoisotopic (exact) mass is 565 g/mol. The van der Waals surface area contributed by atoms with E-state index >= 15 is 0 Å². The lowest BCUT2D eigenvalue weighted by molar-refractivity contribution is -0.401. The van der Waals surface area contributed by atoms with Crippen LogP contribution in [0.5, 0.6) is 0 Å². The average Bonchev–Trinajstić information content (AvgIpc) is 3.21. The second kappa shape index (κ2) is 9.14. The number of aryl methyl sites for hydroxylation is 1. The number of rotatable bonds is 3. The molecule has 0 amide bonds. The first-order valence-corrected chi connectivity index (χ1v) is 14.8. The van der Waals surface area contributed by atoms with Gasteiger partial charge in [-0.15, -0.1) is 0 Å². The third kappa shape index (κ3) is 4.10. The van der Waals surface area contributed by atoms with E-state index in [0.717, 1.165) is 45.1 Å². The third-order valence-electron chi connectivity index (χ3n) is 8.87. The SMILES string of the molecule is CC1=C(C=C2N(C)c3ccc(C)cc3C2(C)C)C(=C(C#N)C#N)C1=CC1=[N+](C)c2ccc(S(=O)(=O)O)cc2C1(C)C. The lowest BCUT2D eigenvalue weighted by atomic mass is 9.72. The smallest absolute Gasteiger partial charge is 0.294 e. The molecule has 0 fully saturated rings. The van der Waals surface area contributed by atoms with Crippen LogP contribution in [0.3, 0.4) is 0 Å². The molecule has 2 aromatic carbocycles. The molecule has 2 aromatic rings. The summed E-state index contributed by atoms with van der Waals surface area (Å²) in [5, 5.41) is 19.9. The summed E-state index contributed by atoms with van der Waals surface area (Å²) in [5.41, 5.74) is 9.53. The van der Waals surface area contributed by atoms with Gasteiger partial charge in [0.05, 0.1) is 10.3 Å². The van der Waals surface area contributed by atoms with Gasteiger partial charge in [0.15, 0.2) is 5.71 Å². The highest BCUT2D eigenvalue weighted by molar-refractivity contribution is 7.85. The minimum atomic E-state index is -4.36. The van der Waals surface area contributed by atoms with E-state index in [1.807, 2.05) is 45.5 Å².